The Morgan fingerprint density at radius 1 is 0.441 bits per heavy atom. The van der Waals surface area contributed by atoms with Gasteiger partial charge in [-0.1, -0.05) is 78.1 Å². The fraction of sp³-hybridized carbons (Fsp3) is 1.00. The van der Waals surface area contributed by atoms with Crippen molar-refractivity contribution in [2.45, 2.75) is 110 Å². The van der Waals surface area contributed by atoms with E-state index in [1.807, 2.05) is 0 Å². The van der Waals surface area contributed by atoms with Crippen LogP contribution in [0.2, 0.25) is 0 Å². The number of rotatable bonds is 26. The van der Waals surface area contributed by atoms with E-state index in [-0.39, 0.29) is 29.2 Å². The summed E-state index contributed by atoms with van der Waals surface area (Å²) in [4.78, 5) is 2.16. The van der Waals surface area contributed by atoms with Gasteiger partial charge in [-0.3, -0.25) is 14.3 Å². The Balaban J connectivity index is -0.00000480. The van der Waals surface area contributed by atoms with E-state index in [1.54, 1.807) is 0 Å². The lowest BCUT2D eigenvalue weighted by Crippen LogP contribution is -2.52. The minimum absolute atomic E-state index is 0. The SMILES string of the molecule is CCCCCCCCCC[N+](CCO)(CCCCCCCC)CCCN(CCO)CCO.F.F. The summed E-state index contributed by atoms with van der Waals surface area (Å²) in [7, 11) is 0. The van der Waals surface area contributed by atoms with Gasteiger partial charge in [0.25, 0.3) is 0 Å². The maximum atomic E-state index is 9.88. The number of halogens is 2. The second-order valence-electron chi connectivity index (χ2n) is 9.84. The van der Waals surface area contributed by atoms with Gasteiger partial charge in [0.05, 0.1) is 39.5 Å². The first-order chi connectivity index (χ1) is 15.7. The number of aliphatic hydroxyl groups excluding tert-OH is 3. The molecule has 0 radical (unpaired) electrons. The fourth-order valence-electron chi connectivity index (χ4n) is 4.94. The first-order valence-electron chi connectivity index (χ1n) is 14.1. The van der Waals surface area contributed by atoms with Gasteiger partial charge < -0.3 is 19.8 Å². The van der Waals surface area contributed by atoms with Crippen molar-refractivity contribution < 1.29 is 29.2 Å². The third kappa shape index (κ3) is 22.1. The van der Waals surface area contributed by atoms with Crippen molar-refractivity contribution in [2.24, 2.45) is 0 Å². The molecule has 1 unspecified atom stereocenters. The fourth-order valence-corrected chi connectivity index (χ4v) is 4.94. The molecular formula is C27H61F2N2O3+. The van der Waals surface area contributed by atoms with Gasteiger partial charge in [0.1, 0.15) is 6.54 Å². The summed E-state index contributed by atoms with van der Waals surface area (Å²) < 4.78 is 1.05. The van der Waals surface area contributed by atoms with Gasteiger partial charge in [0.2, 0.25) is 0 Å². The number of unbranched alkanes of at least 4 members (excludes halogenated alkanes) is 12. The zero-order valence-electron chi connectivity index (χ0n) is 22.7. The molecule has 0 saturated heterocycles. The molecule has 0 aliphatic carbocycles. The molecule has 5 nitrogen and oxygen atoms in total. The molecule has 0 aromatic carbocycles. The van der Waals surface area contributed by atoms with Gasteiger partial charge in [-0.05, 0) is 25.7 Å². The van der Waals surface area contributed by atoms with Gasteiger partial charge in [0, 0.05) is 26.1 Å². The third-order valence-electron chi connectivity index (χ3n) is 6.99. The molecule has 0 aromatic heterocycles. The van der Waals surface area contributed by atoms with Crippen molar-refractivity contribution in [3.05, 3.63) is 0 Å². The van der Waals surface area contributed by atoms with Crippen LogP contribution in [0.25, 0.3) is 0 Å². The minimum atomic E-state index is 0. The van der Waals surface area contributed by atoms with E-state index < -0.39 is 0 Å². The van der Waals surface area contributed by atoms with Crippen LogP contribution in [-0.4, -0.2) is 90.3 Å². The first-order valence-corrected chi connectivity index (χ1v) is 14.1. The van der Waals surface area contributed by atoms with Crippen LogP contribution < -0.4 is 0 Å². The van der Waals surface area contributed by atoms with E-state index in [0.29, 0.717) is 13.1 Å². The van der Waals surface area contributed by atoms with Gasteiger partial charge >= 0.3 is 0 Å². The summed E-state index contributed by atoms with van der Waals surface area (Å²) >= 11 is 0. The van der Waals surface area contributed by atoms with Crippen molar-refractivity contribution >= 4 is 0 Å². The van der Waals surface area contributed by atoms with Crippen molar-refractivity contribution in [3.8, 4) is 0 Å². The van der Waals surface area contributed by atoms with Crippen LogP contribution in [0.4, 0.5) is 9.41 Å². The summed E-state index contributed by atoms with van der Waals surface area (Å²) in [5, 5.41) is 28.5. The van der Waals surface area contributed by atoms with Crippen LogP contribution in [-0.2, 0) is 0 Å². The Kier molecular flexibility index (Phi) is 32.5. The highest BCUT2D eigenvalue weighted by Gasteiger charge is 2.26. The number of hydrogen-bond acceptors (Lipinski definition) is 4. The van der Waals surface area contributed by atoms with E-state index in [4.69, 9.17) is 0 Å². The first kappa shape index (κ1) is 38.2. The molecule has 0 amide bonds. The molecule has 0 bridgehead atoms. The van der Waals surface area contributed by atoms with Crippen molar-refractivity contribution in [2.75, 3.05) is 65.6 Å². The molecule has 210 valence electrons. The number of aliphatic hydroxyl groups is 3. The molecule has 3 N–H and O–H groups in total. The van der Waals surface area contributed by atoms with Crippen molar-refractivity contribution in [1.29, 1.82) is 0 Å². The summed E-state index contributed by atoms with van der Waals surface area (Å²) in [6, 6.07) is 0. The molecule has 34 heavy (non-hydrogen) atoms. The molecule has 0 saturated carbocycles. The Hall–Kier alpha value is -0.340. The maximum Gasteiger partial charge on any atom is 0.102 e. The van der Waals surface area contributed by atoms with Crippen molar-refractivity contribution in [1.82, 2.24) is 4.90 Å². The number of nitrogens with zero attached hydrogens (tertiary/aromatic N) is 2. The molecular weight excluding hydrogens is 438 g/mol. The van der Waals surface area contributed by atoms with Crippen molar-refractivity contribution in [3.63, 3.8) is 0 Å². The molecule has 0 rings (SSSR count). The van der Waals surface area contributed by atoms with E-state index >= 15 is 0 Å². The Morgan fingerprint density at radius 3 is 1.21 bits per heavy atom. The zero-order valence-corrected chi connectivity index (χ0v) is 22.7. The summed E-state index contributed by atoms with van der Waals surface area (Å²) in [5.41, 5.74) is 0. The van der Waals surface area contributed by atoms with Gasteiger partial charge in [-0.2, -0.15) is 0 Å². The molecule has 0 aliphatic heterocycles. The van der Waals surface area contributed by atoms with Gasteiger partial charge in [0.15, 0.2) is 0 Å². The molecule has 0 spiro atoms. The Labute approximate surface area is 210 Å². The van der Waals surface area contributed by atoms with Gasteiger partial charge in [-0.15, -0.1) is 0 Å². The maximum absolute atomic E-state index is 9.88. The second kappa shape index (κ2) is 28.9. The highest BCUT2D eigenvalue weighted by Crippen LogP contribution is 2.17. The molecule has 0 fully saturated rings. The average Bonchev–Trinajstić information content (AvgIpc) is 2.78. The number of quaternary nitrogens is 1. The summed E-state index contributed by atoms with van der Waals surface area (Å²) in [6.45, 7) is 11.6. The predicted molar refractivity (Wildman–Crippen MR) is 143 cm³/mol. The van der Waals surface area contributed by atoms with E-state index in [0.717, 1.165) is 30.5 Å². The lowest BCUT2D eigenvalue weighted by Gasteiger charge is -2.39. The molecule has 0 aromatic rings. The topological polar surface area (TPSA) is 63.9 Å². The standard InChI is InChI=1S/C27H59N2O3.2FH/c1-3-5-7-9-11-12-14-16-22-29(24-27-32,21-15-13-10-8-6-4-2)23-17-18-28(19-25-30)20-26-31;;/h30-32H,3-27H2,1-2H3;2*1H/q+1;;. The van der Waals surface area contributed by atoms with Crippen LogP contribution in [0.5, 0.6) is 0 Å². The van der Waals surface area contributed by atoms with Crippen LogP contribution in [0, 0.1) is 0 Å². The molecule has 0 aliphatic rings. The average molecular weight is 500 g/mol. The normalized spacial score (nSPS) is 12.9. The lowest BCUT2D eigenvalue weighted by molar-refractivity contribution is -0.929. The predicted octanol–water partition coefficient (Wildman–Crippen LogP) is 5.28. The van der Waals surface area contributed by atoms with E-state index in [9.17, 15) is 15.3 Å². The van der Waals surface area contributed by atoms with Crippen LogP contribution >= 0.6 is 0 Å². The Morgan fingerprint density at radius 2 is 0.824 bits per heavy atom. The Bertz CT molecular complexity index is 376. The quantitative estimate of drug-likeness (QED) is 0.112. The zero-order chi connectivity index (χ0) is 23.8. The van der Waals surface area contributed by atoms with Crippen LogP contribution in [0.15, 0.2) is 0 Å². The second-order valence-corrected chi connectivity index (χ2v) is 9.84. The summed E-state index contributed by atoms with van der Waals surface area (Å²) in [5.74, 6) is 0. The smallest absolute Gasteiger partial charge is 0.102 e. The van der Waals surface area contributed by atoms with Crippen LogP contribution in [0.3, 0.4) is 0 Å². The van der Waals surface area contributed by atoms with E-state index in [2.05, 4.69) is 18.7 Å². The monoisotopic (exact) mass is 499 g/mol. The van der Waals surface area contributed by atoms with Crippen LogP contribution in [0.1, 0.15) is 110 Å². The largest absolute Gasteiger partial charge is 0.395 e. The molecule has 1 atom stereocenters. The van der Waals surface area contributed by atoms with Gasteiger partial charge in [-0.25, -0.2) is 0 Å². The highest BCUT2D eigenvalue weighted by atomic mass is 19.0. The molecule has 7 heteroatoms. The highest BCUT2D eigenvalue weighted by molar-refractivity contribution is 4.58. The minimum Gasteiger partial charge on any atom is -0.395 e. The third-order valence-corrected chi connectivity index (χ3v) is 6.99. The summed E-state index contributed by atoms with van der Waals surface area (Å²) in [6.07, 6.45) is 19.7. The lowest BCUT2D eigenvalue weighted by atomic mass is 10.1. The number of hydrogen-bond donors (Lipinski definition) is 3. The van der Waals surface area contributed by atoms with E-state index in [1.165, 1.54) is 103 Å². The molecule has 0 heterocycles.